The van der Waals surface area contributed by atoms with Crippen LogP contribution >= 0.6 is 0 Å². The molecule has 4 heterocycles. The average Bonchev–Trinajstić information content (AvgIpc) is 3.67. The Labute approximate surface area is 323 Å². The lowest BCUT2D eigenvalue weighted by Crippen LogP contribution is -2.67. The van der Waals surface area contributed by atoms with Gasteiger partial charge in [0, 0.05) is 30.8 Å². The van der Waals surface area contributed by atoms with Gasteiger partial charge in [-0.2, -0.15) is 0 Å². The normalized spacial score (nSPS) is 55.5. The molecule has 14 nitrogen and oxygen atoms in total. The van der Waals surface area contributed by atoms with Gasteiger partial charge in [0.25, 0.3) is 0 Å². The van der Waals surface area contributed by atoms with Crippen LogP contribution in [0.2, 0.25) is 0 Å². The van der Waals surface area contributed by atoms with Crippen LogP contribution in [0.5, 0.6) is 0 Å². The summed E-state index contributed by atoms with van der Waals surface area (Å²) in [5.41, 5.74) is -0.892. The molecule has 6 N–H and O–H groups in total. The van der Waals surface area contributed by atoms with Gasteiger partial charge in [0.15, 0.2) is 18.9 Å². The maximum absolute atomic E-state index is 12.6. The van der Waals surface area contributed by atoms with Crippen LogP contribution in [0.1, 0.15) is 105 Å². The number of rotatable bonds is 7. The average molecular weight is 781 g/mol. The number of fused-ring (bicyclic) bond motifs is 5. The van der Waals surface area contributed by atoms with Crippen LogP contribution in [-0.4, -0.2) is 135 Å². The van der Waals surface area contributed by atoms with E-state index in [-0.39, 0.29) is 61.1 Å². The fraction of sp³-hybridized carbons (Fsp3) is 0.927. The van der Waals surface area contributed by atoms with Crippen molar-refractivity contribution in [3.05, 3.63) is 11.6 Å². The van der Waals surface area contributed by atoms with E-state index in [1.165, 1.54) is 0 Å². The van der Waals surface area contributed by atoms with Crippen molar-refractivity contribution >= 4 is 5.97 Å². The summed E-state index contributed by atoms with van der Waals surface area (Å²) in [5.74, 6) is 0.204. The van der Waals surface area contributed by atoms with Crippen LogP contribution in [0.25, 0.3) is 0 Å². The Balaban J connectivity index is 0.837. The Morgan fingerprint density at radius 1 is 0.691 bits per heavy atom. The van der Waals surface area contributed by atoms with Crippen molar-refractivity contribution in [3.8, 4) is 0 Å². The third-order valence-corrected chi connectivity index (χ3v) is 16.0. The molecule has 14 heteroatoms. The molecule has 312 valence electrons. The van der Waals surface area contributed by atoms with Crippen molar-refractivity contribution in [1.29, 1.82) is 0 Å². The number of hydrogen-bond acceptors (Lipinski definition) is 14. The Morgan fingerprint density at radius 3 is 1.87 bits per heavy atom. The fourth-order valence-corrected chi connectivity index (χ4v) is 12.8. The van der Waals surface area contributed by atoms with E-state index in [4.69, 9.17) is 33.2 Å². The second-order valence-electron chi connectivity index (χ2n) is 18.8. The van der Waals surface area contributed by atoms with E-state index in [9.17, 15) is 35.4 Å². The predicted octanol–water partition coefficient (Wildman–Crippen LogP) is 2.22. The van der Waals surface area contributed by atoms with Crippen molar-refractivity contribution in [2.45, 2.75) is 197 Å². The molecule has 0 radical (unpaired) electrons. The Kier molecular flexibility index (Phi) is 11.1. The number of aliphatic hydroxyl groups is 6. The van der Waals surface area contributed by atoms with E-state index < -0.39 is 90.9 Å². The van der Waals surface area contributed by atoms with Crippen molar-refractivity contribution in [2.24, 2.45) is 34.5 Å². The molecule has 0 bridgehead atoms. The molecule has 8 rings (SSSR count). The molecule has 3 saturated heterocycles. The van der Waals surface area contributed by atoms with Gasteiger partial charge in [-0.25, -0.2) is 4.79 Å². The number of carbonyl (C=O) groups is 1. The summed E-state index contributed by atoms with van der Waals surface area (Å²) in [7, 11) is 0. The van der Waals surface area contributed by atoms with Gasteiger partial charge in [0.2, 0.25) is 0 Å². The van der Waals surface area contributed by atoms with E-state index in [0.29, 0.717) is 18.8 Å². The molecule has 8 aliphatic rings. The van der Waals surface area contributed by atoms with Crippen molar-refractivity contribution in [1.82, 2.24) is 0 Å². The third kappa shape index (κ3) is 6.95. The Morgan fingerprint density at radius 2 is 1.29 bits per heavy atom. The molecule has 4 aliphatic carbocycles. The first-order valence-corrected chi connectivity index (χ1v) is 20.9. The first-order chi connectivity index (χ1) is 26.0. The van der Waals surface area contributed by atoms with E-state index in [1.54, 1.807) is 19.9 Å². The lowest BCUT2D eigenvalue weighted by Gasteiger charge is -2.65. The minimum absolute atomic E-state index is 0.0452. The predicted molar refractivity (Wildman–Crippen MR) is 193 cm³/mol. The van der Waals surface area contributed by atoms with Crippen molar-refractivity contribution < 1.29 is 68.6 Å². The molecule has 21 atom stereocenters. The Hall–Kier alpha value is -1.27. The maximum Gasteiger partial charge on any atom is 0.331 e. The highest BCUT2D eigenvalue weighted by molar-refractivity contribution is 5.85. The maximum atomic E-state index is 12.6. The lowest BCUT2D eigenvalue weighted by molar-refractivity contribution is -0.336. The molecular formula is C41H64O14. The van der Waals surface area contributed by atoms with Crippen LogP contribution in [0.3, 0.4) is 0 Å². The van der Waals surface area contributed by atoms with Crippen LogP contribution < -0.4 is 0 Å². The summed E-state index contributed by atoms with van der Waals surface area (Å²) in [6.45, 7) is 9.90. The summed E-state index contributed by atoms with van der Waals surface area (Å²) in [6, 6.07) is 0. The molecule has 0 amide bonds. The fourth-order valence-electron chi connectivity index (χ4n) is 12.8. The molecule has 0 spiro atoms. The first kappa shape index (κ1) is 40.5. The number of aliphatic hydroxyl groups excluding tert-OH is 5. The highest BCUT2D eigenvalue weighted by atomic mass is 16.7. The first-order valence-electron chi connectivity index (χ1n) is 20.9. The van der Waals surface area contributed by atoms with Crippen LogP contribution in [0.15, 0.2) is 11.6 Å². The highest BCUT2D eigenvalue weighted by Crippen LogP contribution is 2.70. The quantitative estimate of drug-likeness (QED) is 0.162. The standard InChI is InChI=1S/C41H64O14/c1-19-36(47)28(42)15-34(50-19)54-38-21(3)52-35(17-30(38)44)55-37-20(2)51-33(16-29(37)43)53-24-8-10-39(4)23(13-24)6-7-26-27(39)14-31(45)40(5)25(9-11-41(26,40)48)22-12-32(46)49-18-22/h12,19-21,23-31,33-38,42-45,47-48H,6-11,13-18H2,1-5H3/t19?,20?,21?,23?,24?,25-,26-,27+,28?,29?,30?,31?,33+,34+,35+,36-,37-,38-,39?,40+,41?/m1/s1. The van der Waals surface area contributed by atoms with Gasteiger partial charge in [-0.3, -0.25) is 0 Å². The summed E-state index contributed by atoms with van der Waals surface area (Å²) in [6.07, 6.45) is -1.51. The molecule has 0 aromatic rings. The van der Waals surface area contributed by atoms with Crippen LogP contribution in [0, 0.1) is 34.5 Å². The van der Waals surface area contributed by atoms with Gasteiger partial charge < -0.3 is 63.8 Å². The SMILES string of the molecule is CC1O[C@@H](O[C@H]2C(O)C[C@H](O[C@H]3C(O)C[C@H](OC4CCC5(C)C(CC[C@@H]6[C@@H]5CC(O)[C@]5(C)[C@@H](C7=CC(=O)OC7)CCC65O)C4)OC3C)OC2C)CC(O)[C@@H]1O. The summed E-state index contributed by atoms with van der Waals surface area (Å²) in [5, 5.41) is 66.9. The van der Waals surface area contributed by atoms with Crippen LogP contribution in [-0.2, 0) is 38.0 Å². The van der Waals surface area contributed by atoms with E-state index in [0.717, 1.165) is 44.1 Å². The topological polar surface area (TPSA) is 203 Å². The van der Waals surface area contributed by atoms with Gasteiger partial charge in [-0.1, -0.05) is 13.8 Å². The molecule has 0 aromatic carbocycles. The molecule has 11 unspecified atom stereocenters. The van der Waals surface area contributed by atoms with Gasteiger partial charge in [-0.05, 0) is 107 Å². The van der Waals surface area contributed by atoms with Gasteiger partial charge in [-0.15, -0.1) is 0 Å². The molecule has 4 saturated carbocycles. The Bertz CT molecular complexity index is 1410. The lowest BCUT2D eigenvalue weighted by atomic mass is 9.42. The summed E-state index contributed by atoms with van der Waals surface area (Å²) in [4.78, 5) is 11.9. The minimum Gasteiger partial charge on any atom is -0.458 e. The molecular weight excluding hydrogens is 716 g/mol. The van der Waals surface area contributed by atoms with Gasteiger partial charge >= 0.3 is 5.97 Å². The summed E-state index contributed by atoms with van der Waals surface area (Å²) < 4.78 is 42.1. The van der Waals surface area contributed by atoms with E-state index in [1.807, 2.05) is 13.8 Å². The molecule has 55 heavy (non-hydrogen) atoms. The minimum atomic E-state index is -1.01. The number of esters is 1. The van der Waals surface area contributed by atoms with E-state index >= 15 is 0 Å². The zero-order valence-electron chi connectivity index (χ0n) is 32.9. The van der Waals surface area contributed by atoms with Crippen molar-refractivity contribution in [3.63, 3.8) is 0 Å². The summed E-state index contributed by atoms with van der Waals surface area (Å²) >= 11 is 0. The van der Waals surface area contributed by atoms with Crippen LogP contribution in [0.4, 0.5) is 0 Å². The number of cyclic esters (lactones) is 1. The smallest absolute Gasteiger partial charge is 0.331 e. The zero-order valence-corrected chi connectivity index (χ0v) is 32.9. The monoisotopic (exact) mass is 780 g/mol. The van der Waals surface area contributed by atoms with E-state index in [2.05, 4.69) is 6.92 Å². The number of ether oxygens (including phenoxy) is 7. The second-order valence-corrected chi connectivity index (χ2v) is 18.8. The zero-order chi connectivity index (χ0) is 39.2. The highest BCUT2D eigenvalue weighted by Gasteiger charge is 2.71. The molecule has 4 aliphatic heterocycles. The number of hydrogen-bond donors (Lipinski definition) is 6. The van der Waals surface area contributed by atoms with Gasteiger partial charge in [0.1, 0.15) is 24.9 Å². The number of carbonyl (C=O) groups excluding carboxylic acids is 1. The van der Waals surface area contributed by atoms with Gasteiger partial charge in [0.05, 0.1) is 54.4 Å². The third-order valence-electron chi connectivity index (χ3n) is 16.0. The molecule has 0 aromatic heterocycles. The van der Waals surface area contributed by atoms with Crippen molar-refractivity contribution in [2.75, 3.05) is 6.61 Å². The molecule has 7 fully saturated rings. The largest absolute Gasteiger partial charge is 0.458 e. The second kappa shape index (κ2) is 15.1.